The number of carboxylic acids is 1. The zero-order valence-corrected chi connectivity index (χ0v) is 25.3. The van der Waals surface area contributed by atoms with Crippen molar-refractivity contribution in [2.75, 3.05) is 16.0 Å². The van der Waals surface area contributed by atoms with Crippen LogP contribution in [0.4, 0.5) is 39.8 Å². The number of hydrogen-bond donors (Lipinski definition) is 6. The van der Waals surface area contributed by atoms with Crippen molar-refractivity contribution in [2.24, 2.45) is 11.5 Å². The number of nitrogens with two attached hydrogens (primary N) is 2. The average molecular weight is 686 g/mol. The third kappa shape index (κ3) is 8.99. The van der Waals surface area contributed by atoms with E-state index < -0.39 is 89.8 Å². The third-order valence-electron chi connectivity index (χ3n) is 6.79. The van der Waals surface area contributed by atoms with Crippen LogP contribution >= 0.6 is 0 Å². The van der Waals surface area contributed by atoms with E-state index in [0.717, 1.165) is 12.1 Å². The molecular weight excluding hydrogens is 658 g/mol. The van der Waals surface area contributed by atoms with Crippen molar-refractivity contribution in [1.29, 1.82) is 0 Å². The highest BCUT2D eigenvalue weighted by Gasteiger charge is 2.30. The lowest BCUT2D eigenvalue weighted by atomic mass is 10.0. The number of carboxylic acid groups (broad SMARTS) is 1. The second-order valence-electron chi connectivity index (χ2n) is 10.3. The average Bonchev–Trinajstić information content (AvgIpc) is 3.00. The highest BCUT2D eigenvalue weighted by atomic mass is 16.6. The Labute approximate surface area is 273 Å². The molecule has 3 aromatic rings. The molecule has 22 nitrogen and oxygen atoms in total. The molecule has 0 aliphatic carbocycles. The molecule has 0 fully saturated rings. The smallest absolute Gasteiger partial charge is 0.326 e. The van der Waals surface area contributed by atoms with E-state index in [1.165, 1.54) is 38.1 Å². The van der Waals surface area contributed by atoms with Crippen LogP contribution in [-0.2, 0) is 20.8 Å². The maximum atomic E-state index is 12.2. The monoisotopic (exact) mass is 685 g/mol. The molecule has 22 heteroatoms. The number of nitrogens with zero attached hydrogens (tertiary/aromatic N) is 4. The van der Waals surface area contributed by atoms with Gasteiger partial charge in [-0.15, -0.1) is 0 Å². The Morgan fingerprint density at radius 1 is 0.694 bits per heavy atom. The number of rotatable bonds is 17. The van der Waals surface area contributed by atoms with Gasteiger partial charge in [0.1, 0.15) is 40.9 Å². The van der Waals surface area contributed by atoms with Crippen molar-refractivity contribution in [1.82, 2.24) is 0 Å². The summed E-state index contributed by atoms with van der Waals surface area (Å²) >= 11 is 0. The van der Waals surface area contributed by atoms with Crippen LogP contribution in [0.2, 0.25) is 0 Å². The summed E-state index contributed by atoms with van der Waals surface area (Å²) in [5.74, 6) is -3.71. The minimum atomic E-state index is -1.55. The summed E-state index contributed by atoms with van der Waals surface area (Å²) in [4.78, 5) is 78.0. The Morgan fingerprint density at radius 3 is 1.51 bits per heavy atom. The number of anilines is 3. The van der Waals surface area contributed by atoms with Gasteiger partial charge in [-0.3, -0.25) is 50.0 Å². The van der Waals surface area contributed by atoms with Crippen LogP contribution in [0.15, 0.2) is 48.5 Å². The first-order chi connectivity index (χ1) is 22.9. The maximum Gasteiger partial charge on any atom is 0.326 e. The van der Waals surface area contributed by atoms with Crippen LogP contribution in [-0.4, -0.2) is 60.7 Å². The van der Waals surface area contributed by atoms with Gasteiger partial charge in [-0.25, -0.2) is 4.79 Å². The molecule has 0 radical (unpaired) electrons. The van der Waals surface area contributed by atoms with Crippen molar-refractivity contribution in [3.8, 4) is 11.5 Å². The summed E-state index contributed by atoms with van der Waals surface area (Å²) in [5.41, 5.74) is 6.53. The van der Waals surface area contributed by atoms with Gasteiger partial charge in [-0.05, 0) is 37.6 Å². The number of amides is 2. The van der Waals surface area contributed by atoms with Gasteiger partial charge in [-0.1, -0.05) is 12.1 Å². The molecule has 0 spiro atoms. The van der Waals surface area contributed by atoms with E-state index in [9.17, 15) is 59.9 Å². The first-order valence-electron chi connectivity index (χ1n) is 13.7. The Bertz CT molecular complexity index is 1850. The molecule has 0 saturated heterocycles. The maximum absolute atomic E-state index is 12.2. The summed E-state index contributed by atoms with van der Waals surface area (Å²) in [5, 5.41) is 63.9. The van der Waals surface area contributed by atoms with E-state index in [2.05, 4.69) is 16.0 Å². The zero-order chi connectivity index (χ0) is 36.7. The number of nitro benzene ring substituents is 4. The molecule has 3 atom stereocenters. The second-order valence-corrected chi connectivity index (χ2v) is 10.3. The van der Waals surface area contributed by atoms with Crippen molar-refractivity contribution >= 4 is 57.6 Å². The molecule has 0 aliphatic heterocycles. The topological polar surface area (TPSA) is 341 Å². The van der Waals surface area contributed by atoms with E-state index in [1.54, 1.807) is 0 Å². The molecule has 2 amide bonds. The molecule has 258 valence electrons. The number of nitrogens with one attached hydrogen (secondary N) is 3. The first kappa shape index (κ1) is 36.3. The minimum absolute atomic E-state index is 0.0280. The Morgan fingerprint density at radius 2 is 1.10 bits per heavy atom. The van der Waals surface area contributed by atoms with Gasteiger partial charge in [0, 0.05) is 12.5 Å². The van der Waals surface area contributed by atoms with Crippen LogP contribution in [0, 0.1) is 40.5 Å². The van der Waals surface area contributed by atoms with Gasteiger partial charge >= 0.3 is 11.7 Å². The van der Waals surface area contributed by atoms with Gasteiger partial charge < -0.3 is 37.3 Å². The second kappa shape index (κ2) is 15.0. The lowest BCUT2D eigenvalue weighted by Crippen LogP contribution is -2.33. The molecule has 0 bridgehead atoms. The third-order valence-corrected chi connectivity index (χ3v) is 6.79. The Hall–Kier alpha value is -7.13. The van der Waals surface area contributed by atoms with Gasteiger partial charge in [0.05, 0.1) is 31.8 Å². The predicted octanol–water partition coefficient (Wildman–Crippen LogP) is 2.79. The van der Waals surface area contributed by atoms with Crippen molar-refractivity contribution in [3.63, 3.8) is 0 Å². The molecule has 0 unspecified atom stereocenters. The van der Waals surface area contributed by atoms with Crippen LogP contribution < -0.4 is 32.2 Å². The van der Waals surface area contributed by atoms with Gasteiger partial charge in [-0.2, -0.15) is 0 Å². The van der Waals surface area contributed by atoms with E-state index in [-0.39, 0.29) is 23.5 Å². The first-order valence-corrected chi connectivity index (χ1v) is 13.7. The molecule has 3 rings (SSSR count). The molecule has 0 aromatic heterocycles. The molecule has 0 aliphatic rings. The summed E-state index contributed by atoms with van der Waals surface area (Å²) in [6.45, 7) is 2.60. The largest absolute Gasteiger partial charge is 0.480 e. The molecule has 0 saturated carbocycles. The van der Waals surface area contributed by atoms with Crippen molar-refractivity contribution < 1.29 is 43.9 Å². The number of carbonyl (C=O) groups excluding carboxylic acids is 2. The molecule has 8 N–H and O–H groups in total. The zero-order valence-electron chi connectivity index (χ0n) is 25.3. The van der Waals surface area contributed by atoms with Crippen LogP contribution in [0.1, 0.15) is 19.4 Å². The normalized spacial score (nSPS) is 12.4. The van der Waals surface area contributed by atoms with E-state index in [0.29, 0.717) is 17.7 Å². The summed E-state index contributed by atoms with van der Waals surface area (Å²) in [6, 6.07) is 4.60. The number of primary amides is 2. The molecular formula is C27H27N9O13. The number of aliphatic carboxylic acids is 1. The minimum Gasteiger partial charge on any atom is -0.480 e. The predicted molar refractivity (Wildman–Crippen MR) is 169 cm³/mol. The quantitative estimate of drug-likeness (QED) is 0.0878. The number of ether oxygens (including phenoxy) is 1. The number of benzene rings is 3. The SMILES string of the molecule is C[C@H](Nc1cc(N[C@@H](Cc2ccc(Oc3cc(N[C@@H](C)C(N)=O)c([N+](=O)[O-])cc3[N+](=O)[O-])cc2)C(=O)O)c([N+](=O)[O-])cc1[N+](=O)[O-])C(N)=O. The Balaban J connectivity index is 1.93. The van der Waals surface area contributed by atoms with Crippen LogP contribution in [0.25, 0.3) is 0 Å². The highest BCUT2D eigenvalue weighted by Crippen LogP contribution is 2.40. The standard InChI is InChI=1S/C27H27N9O13/c1-12(25(28)37)30-16-8-17(21(34(43)44)10-20(16)33(41)42)32-19(27(39)40)7-14-3-5-15(6-4-14)49-24-9-18(31-13(2)26(29)38)22(35(45)46)11-23(24)36(47)48/h3-6,8-13,19,30-32H,7H2,1-2H3,(H2,28,37)(H2,29,38)(H,39,40)/t12-,13-,19-/m0/s1. The van der Waals surface area contributed by atoms with Crippen molar-refractivity contribution in [3.05, 3.63) is 94.6 Å². The summed E-state index contributed by atoms with van der Waals surface area (Å²) in [6.07, 6.45) is -0.318. The van der Waals surface area contributed by atoms with Crippen LogP contribution in [0.3, 0.4) is 0 Å². The number of carbonyl (C=O) groups is 3. The van der Waals surface area contributed by atoms with E-state index >= 15 is 0 Å². The van der Waals surface area contributed by atoms with Gasteiger partial charge in [0.25, 0.3) is 17.1 Å². The lowest BCUT2D eigenvalue weighted by molar-refractivity contribution is -0.394. The van der Waals surface area contributed by atoms with Crippen molar-refractivity contribution in [2.45, 2.75) is 38.4 Å². The lowest BCUT2D eigenvalue weighted by Gasteiger charge is -2.18. The summed E-state index contributed by atoms with van der Waals surface area (Å²) < 4.78 is 5.60. The van der Waals surface area contributed by atoms with Gasteiger partial charge in [0.2, 0.25) is 17.6 Å². The van der Waals surface area contributed by atoms with E-state index in [1.807, 2.05) is 0 Å². The number of nitro groups is 4. The summed E-state index contributed by atoms with van der Waals surface area (Å²) in [7, 11) is 0. The van der Waals surface area contributed by atoms with E-state index in [4.69, 9.17) is 16.2 Å². The molecule has 49 heavy (non-hydrogen) atoms. The van der Waals surface area contributed by atoms with Gasteiger partial charge in [0.15, 0.2) is 0 Å². The molecule has 0 heterocycles. The van der Waals surface area contributed by atoms with Crippen LogP contribution in [0.5, 0.6) is 11.5 Å². The molecule has 3 aromatic carbocycles. The highest BCUT2D eigenvalue weighted by molar-refractivity contribution is 5.87. The fourth-order valence-electron chi connectivity index (χ4n) is 4.21. The fraction of sp³-hybridized carbons (Fsp3) is 0.222. The fourth-order valence-corrected chi connectivity index (χ4v) is 4.21. The Kier molecular flexibility index (Phi) is 11.1. The number of hydrogen-bond acceptors (Lipinski definition) is 15.